The summed E-state index contributed by atoms with van der Waals surface area (Å²) in [6.45, 7) is 4.20. The van der Waals surface area contributed by atoms with E-state index in [1.54, 1.807) is 0 Å². The van der Waals surface area contributed by atoms with Crippen molar-refractivity contribution in [2.45, 2.75) is 13.8 Å². The van der Waals surface area contributed by atoms with E-state index in [2.05, 4.69) is 62.4 Å². The molecule has 0 heterocycles. The molecule has 0 saturated heterocycles. The van der Waals surface area contributed by atoms with Crippen LogP contribution in [0.1, 0.15) is 11.1 Å². The first-order chi connectivity index (χ1) is 7.58. The molecular formula is C14H14CdTe2. The third-order valence-electron chi connectivity index (χ3n) is 2.04. The van der Waals surface area contributed by atoms with Crippen LogP contribution in [0.5, 0.6) is 0 Å². The Labute approximate surface area is 151 Å². The van der Waals surface area contributed by atoms with Gasteiger partial charge in [0.25, 0.3) is 0 Å². The van der Waals surface area contributed by atoms with E-state index in [0.717, 1.165) is 0 Å². The second-order valence-corrected chi connectivity index (χ2v) is 6.32. The zero-order valence-corrected chi connectivity index (χ0v) is 18.8. The van der Waals surface area contributed by atoms with E-state index in [4.69, 9.17) is 0 Å². The average molecular weight is 550 g/mol. The molecule has 2 rings (SSSR count). The summed E-state index contributed by atoms with van der Waals surface area (Å²) in [7, 11) is 0. The molecule has 2 aromatic rings. The van der Waals surface area contributed by atoms with Gasteiger partial charge in [-0.15, -0.1) is 0 Å². The minimum absolute atomic E-state index is 0. The molecule has 0 aliphatic carbocycles. The first kappa shape index (κ1) is 17.9. The standard InChI is InChI=1S/2C7H7Te.Cd/c2*1-6-2-4-7(8)5-3-6;/h2*2-5H,1H3;. The van der Waals surface area contributed by atoms with E-state index in [0.29, 0.717) is 0 Å². The predicted molar refractivity (Wildman–Crippen MR) is 73.1 cm³/mol. The summed E-state index contributed by atoms with van der Waals surface area (Å²) >= 11 is 4.06. The SMILES string of the molecule is Cc1ccc([Te])cc1.Cc1ccc([Te])cc1.[Cd]. The van der Waals surface area contributed by atoms with Crippen molar-refractivity contribution in [2.24, 2.45) is 0 Å². The molecule has 2 aromatic carbocycles. The van der Waals surface area contributed by atoms with Crippen LogP contribution < -0.4 is 7.22 Å². The normalized spacial score (nSPS) is 8.59. The Kier molecular flexibility index (Phi) is 10.4. The number of rotatable bonds is 0. The van der Waals surface area contributed by atoms with Gasteiger partial charge < -0.3 is 0 Å². The molecule has 3 heteroatoms. The first-order valence-electron chi connectivity index (χ1n) is 5.05. The summed E-state index contributed by atoms with van der Waals surface area (Å²) in [6, 6.07) is 17.0. The fraction of sp³-hybridized carbons (Fsp3) is 0.143. The molecule has 2 radical (unpaired) electrons. The van der Waals surface area contributed by atoms with E-state index in [1.165, 1.54) is 18.3 Å². The van der Waals surface area contributed by atoms with Crippen LogP contribution in [0.15, 0.2) is 48.5 Å². The van der Waals surface area contributed by atoms with Crippen molar-refractivity contribution in [3.63, 3.8) is 0 Å². The summed E-state index contributed by atoms with van der Waals surface area (Å²) in [4.78, 5) is 0. The van der Waals surface area contributed by atoms with Gasteiger partial charge in [0.15, 0.2) is 0 Å². The zero-order chi connectivity index (χ0) is 12.0. The molecule has 0 saturated carbocycles. The predicted octanol–water partition coefficient (Wildman–Crippen LogP) is 1.58. The van der Waals surface area contributed by atoms with Crippen LogP contribution in [0.3, 0.4) is 0 Å². The van der Waals surface area contributed by atoms with Crippen molar-refractivity contribution in [1.29, 1.82) is 0 Å². The average Bonchev–Trinajstić information content (AvgIpc) is 2.28. The third kappa shape index (κ3) is 8.62. The Morgan fingerprint density at radius 1 is 0.588 bits per heavy atom. The maximum absolute atomic E-state index is 2.12. The van der Waals surface area contributed by atoms with E-state index in [9.17, 15) is 0 Å². The van der Waals surface area contributed by atoms with Gasteiger partial charge in [0.1, 0.15) is 0 Å². The van der Waals surface area contributed by atoms with Gasteiger partial charge in [-0.3, -0.25) is 0 Å². The molecule has 0 nitrogen and oxygen atoms in total. The van der Waals surface area contributed by atoms with Crippen LogP contribution in [-0.2, 0) is 27.3 Å². The smallest absolute Gasteiger partial charge is 0 e. The number of benzene rings is 2. The number of hydrogen-bond acceptors (Lipinski definition) is 0. The van der Waals surface area contributed by atoms with Gasteiger partial charge in [-0.05, 0) is 0 Å². The summed E-state index contributed by atoms with van der Waals surface area (Å²) in [5.41, 5.74) is 2.66. The molecule has 0 N–H and O–H groups in total. The molecule has 0 fully saturated rings. The van der Waals surface area contributed by atoms with Gasteiger partial charge in [-0.2, -0.15) is 0 Å². The largest absolute Gasteiger partial charge is 0 e. The fourth-order valence-corrected chi connectivity index (χ4v) is 1.85. The van der Waals surface area contributed by atoms with Crippen LogP contribution in [0, 0.1) is 13.8 Å². The van der Waals surface area contributed by atoms with E-state index in [1.807, 2.05) is 44.6 Å². The van der Waals surface area contributed by atoms with Crippen LogP contribution in [0.2, 0.25) is 0 Å². The second kappa shape index (κ2) is 9.82. The van der Waals surface area contributed by atoms with Crippen LogP contribution >= 0.6 is 0 Å². The maximum Gasteiger partial charge on any atom is 0 e. The summed E-state index contributed by atoms with van der Waals surface area (Å²) in [6.07, 6.45) is 0. The number of hydrogen-bond donors (Lipinski definition) is 0. The Morgan fingerprint density at radius 3 is 1.00 bits per heavy atom. The van der Waals surface area contributed by atoms with Gasteiger partial charge in [-0.25, -0.2) is 0 Å². The minimum Gasteiger partial charge on any atom is 0 e. The zero-order valence-electron chi connectivity index (χ0n) is 10.1. The monoisotopic (exact) mass is 556 g/mol. The fourth-order valence-electron chi connectivity index (χ4n) is 1.08. The van der Waals surface area contributed by atoms with Gasteiger partial charge in [0.05, 0.1) is 0 Å². The Bertz CT molecular complexity index is 335. The molecule has 0 unspecified atom stereocenters. The van der Waals surface area contributed by atoms with Crippen LogP contribution in [0.25, 0.3) is 0 Å². The van der Waals surface area contributed by atoms with Crippen molar-refractivity contribution in [1.82, 2.24) is 0 Å². The number of aryl methyl sites for hydroxylation is 2. The third-order valence-corrected chi connectivity index (χ3v) is 3.60. The molecule has 0 aromatic heterocycles. The van der Waals surface area contributed by atoms with Crippen LogP contribution in [-0.4, -0.2) is 44.6 Å². The molecule has 0 atom stereocenters. The van der Waals surface area contributed by atoms with Gasteiger partial charge in [-0.1, -0.05) is 0 Å². The van der Waals surface area contributed by atoms with Gasteiger partial charge in [0.2, 0.25) is 0 Å². The first-order valence-corrected chi connectivity index (χ1v) is 7.38. The van der Waals surface area contributed by atoms with Crippen LogP contribution in [0.4, 0.5) is 0 Å². The molecule has 17 heavy (non-hydrogen) atoms. The Morgan fingerprint density at radius 2 is 0.824 bits per heavy atom. The molecule has 0 amide bonds. The molecule has 0 spiro atoms. The Balaban J connectivity index is 0.000000284. The summed E-state index contributed by atoms with van der Waals surface area (Å²) < 4.78 is 2.68. The molecule has 0 bridgehead atoms. The van der Waals surface area contributed by atoms with Crippen molar-refractivity contribution < 1.29 is 27.3 Å². The topological polar surface area (TPSA) is 0 Å². The molecule has 0 aliphatic rings. The van der Waals surface area contributed by atoms with Gasteiger partial charge in [0, 0.05) is 27.3 Å². The molecule has 0 aliphatic heterocycles. The van der Waals surface area contributed by atoms with Gasteiger partial charge >= 0.3 is 125 Å². The van der Waals surface area contributed by atoms with E-state index < -0.39 is 0 Å². The van der Waals surface area contributed by atoms with Crippen molar-refractivity contribution in [3.05, 3.63) is 59.7 Å². The quantitative estimate of drug-likeness (QED) is 0.438. The van der Waals surface area contributed by atoms with Crippen molar-refractivity contribution >= 4 is 51.8 Å². The minimum atomic E-state index is 0. The van der Waals surface area contributed by atoms with Crippen molar-refractivity contribution in [2.75, 3.05) is 0 Å². The maximum atomic E-state index is 2.12. The molecular weight excluding hydrogens is 536 g/mol. The Hall–Kier alpha value is 0.941. The second-order valence-electron chi connectivity index (χ2n) is 3.63. The van der Waals surface area contributed by atoms with Crippen molar-refractivity contribution in [3.8, 4) is 0 Å². The summed E-state index contributed by atoms with van der Waals surface area (Å²) in [5.74, 6) is 0. The van der Waals surface area contributed by atoms with E-state index in [-0.39, 0.29) is 27.3 Å². The molecule has 84 valence electrons. The summed E-state index contributed by atoms with van der Waals surface area (Å²) in [5, 5.41) is 0. The van der Waals surface area contributed by atoms with E-state index >= 15 is 0 Å².